The zero-order valence-electron chi connectivity index (χ0n) is 18.1. The molecule has 5 nitrogen and oxygen atoms in total. The summed E-state index contributed by atoms with van der Waals surface area (Å²) in [4.78, 5) is 25.2. The normalized spacial score (nSPS) is 12.6. The van der Waals surface area contributed by atoms with Gasteiger partial charge < -0.3 is 15.4 Å². The molecule has 0 spiro atoms. The topological polar surface area (TPSA) is 67.4 Å². The number of amides is 2. The van der Waals surface area contributed by atoms with Gasteiger partial charge in [-0.3, -0.25) is 4.79 Å². The van der Waals surface area contributed by atoms with Crippen LogP contribution in [0.2, 0.25) is 0 Å². The summed E-state index contributed by atoms with van der Waals surface area (Å²) in [6, 6.07) is 18.5. The Balaban J connectivity index is 1.95. The second-order valence-electron chi connectivity index (χ2n) is 7.61. The van der Waals surface area contributed by atoms with E-state index in [1.165, 1.54) is 0 Å². The minimum Gasteiger partial charge on any atom is -0.445 e. The van der Waals surface area contributed by atoms with Gasteiger partial charge in [0.05, 0.1) is 0 Å². The maximum atomic E-state index is 12.9. The first kappa shape index (κ1) is 23.5. The van der Waals surface area contributed by atoms with Crippen molar-refractivity contribution in [3.05, 3.63) is 71.8 Å². The van der Waals surface area contributed by atoms with Gasteiger partial charge in [-0.15, -0.1) is 0 Å². The van der Waals surface area contributed by atoms with E-state index in [4.69, 9.17) is 4.74 Å². The minimum atomic E-state index is -0.681. The summed E-state index contributed by atoms with van der Waals surface area (Å²) < 4.78 is 5.32. The van der Waals surface area contributed by atoms with E-state index in [1.807, 2.05) is 60.7 Å². The quantitative estimate of drug-likeness (QED) is 0.525. The lowest BCUT2D eigenvalue weighted by atomic mass is 9.99. The van der Waals surface area contributed by atoms with Crippen molar-refractivity contribution in [3.63, 3.8) is 0 Å². The van der Waals surface area contributed by atoms with E-state index in [-0.39, 0.29) is 12.5 Å². The van der Waals surface area contributed by atoms with Gasteiger partial charge in [0.2, 0.25) is 5.91 Å². The first-order chi connectivity index (χ1) is 14.6. The van der Waals surface area contributed by atoms with Crippen molar-refractivity contribution >= 4 is 12.0 Å². The van der Waals surface area contributed by atoms with Crippen LogP contribution in [0.15, 0.2) is 60.7 Å². The van der Waals surface area contributed by atoms with Crippen molar-refractivity contribution in [2.24, 2.45) is 5.92 Å². The predicted molar refractivity (Wildman–Crippen MR) is 120 cm³/mol. The molecule has 2 amide bonds. The Morgan fingerprint density at radius 1 is 0.933 bits per heavy atom. The third-order valence-corrected chi connectivity index (χ3v) is 5.21. The Kier molecular flexibility index (Phi) is 10.5. The fourth-order valence-electron chi connectivity index (χ4n) is 3.28. The smallest absolute Gasteiger partial charge is 0.408 e. The molecule has 30 heavy (non-hydrogen) atoms. The molecular formula is C25H34N2O3. The molecule has 0 radical (unpaired) electrons. The molecule has 2 atom stereocenters. The Labute approximate surface area is 180 Å². The van der Waals surface area contributed by atoms with E-state index >= 15 is 0 Å². The number of benzene rings is 2. The number of unbranched alkanes of at least 4 members (excludes halogenated alkanes) is 1. The second kappa shape index (κ2) is 13.4. The molecular weight excluding hydrogens is 376 g/mol. The number of carbonyl (C=O) groups excluding carboxylic acids is 2. The monoisotopic (exact) mass is 410 g/mol. The highest BCUT2D eigenvalue weighted by Gasteiger charge is 2.22. The fourth-order valence-corrected chi connectivity index (χ4v) is 3.28. The molecule has 0 aromatic heterocycles. The van der Waals surface area contributed by atoms with E-state index in [1.54, 1.807) is 0 Å². The molecule has 0 aliphatic rings. The summed E-state index contributed by atoms with van der Waals surface area (Å²) in [5.74, 6) is 0.279. The minimum absolute atomic E-state index is 0.168. The molecule has 0 fully saturated rings. The number of carbonyl (C=O) groups is 2. The Hall–Kier alpha value is -2.82. The van der Waals surface area contributed by atoms with E-state index in [2.05, 4.69) is 24.5 Å². The fraction of sp³-hybridized carbons (Fsp3) is 0.440. The number of hydrogen-bond acceptors (Lipinski definition) is 3. The van der Waals surface area contributed by atoms with Crippen molar-refractivity contribution < 1.29 is 14.3 Å². The van der Waals surface area contributed by atoms with Gasteiger partial charge in [-0.05, 0) is 23.5 Å². The summed E-state index contributed by atoms with van der Waals surface area (Å²) >= 11 is 0. The van der Waals surface area contributed by atoms with Crippen LogP contribution in [0.1, 0.15) is 50.7 Å². The molecule has 0 saturated carbocycles. The highest BCUT2D eigenvalue weighted by atomic mass is 16.5. The number of nitrogens with one attached hydrogen (secondary N) is 2. The first-order valence-corrected chi connectivity index (χ1v) is 10.9. The van der Waals surface area contributed by atoms with Crippen LogP contribution in [0, 0.1) is 5.92 Å². The zero-order valence-corrected chi connectivity index (χ0v) is 18.1. The van der Waals surface area contributed by atoms with Gasteiger partial charge in [0.25, 0.3) is 0 Å². The van der Waals surface area contributed by atoms with Gasteiger partial charge >= 0.3 is 6.09 Å². The summed E-state index contributed by atoms with van der Waals surface area (Å²) in [6.45, 7) is 5.11. The molecule has 2 aromatic carbocycles. The van der Waals surface area contributed by atoms with Crippen molar-refractivity contribution in [2.75, 3.05) is 6.54 Å². The zero-order chi connectivity index (χ0) is 21.6. The SMILES string of the molecule is CCCCC(CC)CNC(=O)[C@H](Cc1ccccc1)NC(=O)OCc1ccccc1. The van der Waals surface area contributed by atoms with Crippen molar-refractivity contribution in [3.8, 4) is 0 Å². The highest BCUT2D eigenvalue weighted by Crippen LogP contribution is 2.12. The average molecular weight is 411 g/mol. The van der Waals surface area contributed by atoms with Gasteiger partial charge in [-0.25, -0.2) is 4.79 Å². The maximum absolute atomic E-state index is 12.9. The van der Waals surface area contributed by atoms with Crippen LogP contribution in [-0.2, 0) is 22.6 Å². The number of rotatable bonds is 12. The van der Waals surface area contributed by atoms with Crippen LogP contribution >= 0.6 is 0 Å². The van der Waals surface area contributed by atoms with E-state index in [0.29, 0.717) is 18.9 Å². The molecule has 0 aliphatic carbocycles. The molecule has 0 aliphatic heterocycles. The average Bonchev–Trinajstić information content (AvgIpc) is 2.78. The number of hydrogen-bond donors (Lipinski definition) is 2. The summed E-state index contributed by atoms with van der Waals surface area (Å²) in [5, 5.41) is 5.78. The van der Waals surface area contributed by atoms with Gasteiger partial charge in [0.15, 0.2) is 0 Å². The van der Waals surface area contributed by atoms with Gasteiger partial charge in [-0.1, -0.05) is 93.8 Å². The number of ether oxygens (including phenoxy) is 1. The van der Waals surface area contributed by atoms with Crippen LogP contribution in [0.25, 0.3) is 0 Å². The van der Waals surface area contributed by atoms with Crippen LogP contribution < -0.4 is 10.6 Å². The van der Waals surface area contributed by atoms with E-state index in [9.17, 15) is 9.59 Å². The van der Waals surface area contributed by atoms with Gasteiger partial charge in [0.1, 0.15) is 12.6 Å². The molecule has 2 rings (SSSR count). The summed E-state index contributed by atoms with van der Waals surface area (Å²) in [5.41, 5.74) is 1.89. The standard InChI is InChI=1S/C25H34N2O3/c1-3-5-12-20(4-2)18-26-24(28)23(17-21-13-8-6-9-14-21)27-25(29)30-19-22-15-10-7-11-16-22/h6-11,13-16,20,23H,3-5,12,17-19H2,1-2H3,(H,26,28)(H,27,29)/t20?,23-/m0/s1. The molecule has 2 N–H and O–H groups in total. The molecule has 1 unspecified atom stereocenters. The lowest BCUT2D eigenvalue weighted by Crippen LogP contribution is -2.49. The molecule has 162 valence electrons. The lowest BCUT2D eigenvalue weighted by Gasteiger charge is -2.21. The molecule has 0 bridgehead atoms. The third-order valence-electron chi connectivity index (χ3n) is 5.21. The number of alkyl carbamates (subject to hydrolysis) is 1. The van der Waals surface area contributed by atoms with Crippen LogP contribution in [0.5, 0.6) is 0 Å². The molecule has 5 heteroatoms. The van der Waals surface area contributed by atoms with E-state index < -0.39 is 12.1 Å². The Morgan fingerprint density at radius 3 is 2.17 bits per heavy atom. The first-order valence-electron chi connectivity index (χ1n) is 10.9. The van der Waals surface area contributed by atoms with Crippen molar-refractivity contribution in [1.29, 1.82) is 0 Å². The Morgan fingerprint density at radius 2 is 1.57 bits per heavy atom. The second-order valence-corrected chi connectivity index (χ2v) is 7.61. The lowest BCUT2D eigenvalue weighted by molar-refractivity contribution is -0.123. The largest absolute Gasteiger partial charge is 0.445 e. The molecule has 0 saturated heterocycles. The molecule has 2 aromatic rings. The van der Waals surface area contributed by atoms with E-state index in [0.717, 1.165) is 36.8 Å². The van der Waals surface area contributed by atoms with Crippen molar-refractivity contribution in [1.82, 2.24) is 10.6 Å². The van der Waals surface area contributed by atoms with Crippen LogP contribution in [0.4, 0.5) is 4.79 Å². The highest BCUT2D eigenvalue weighted by molar-refractivity contribution is 5.85. The maximum Gasteiger partial charge on any atom is 0.408 e. The summed E-state index contributed by atoms with van der Waals surface area (Å²) in [6.07, 6.45) is 4.26. The van der Waals surface area contributed by atoms with Crippen molar-refractivity contribution in [2.45, 2.75) is 58.6 Å². The van der Waals surface area contributed by atoms with Crippen LogP contribution in [0.3, 0.4) is 0 Å². The predicted octanol–water partition coefficient (Wildman–Crippen LogP) is 4.86. The Bertz CT molecular complexity index is 750. The van der Waals surface area contributed by atoms with Gasteiger partial charge in [-0.2, -0.15) is 0 Å². The van der Waals surface area contributed by atoms with Gasteiger partial charge in [0, 0.05) is 13.0 Å². The molecule has 0 heterocycles. The third kappa shape index (κ3) is 8.68. The summed E-state index contributed by atoms with van der Waals surface area (Å²) in [7, 11) is 0. The van der Waals surface area contributed by atoms with Crippen LogP contribution in [-0.4, -0.2) is 24.6 Å².